The summed E-state index contributed by atoms with van der Waals surface area (Å²) in [7, 11) is -2.58. The number of ether oxygens (including phenoxy) is 2. The van der Waals surface area contributed by atoms with E-state index in [0.717, 1.165) is 4.31 Å². The highest BCUT2D eigenvalue weighted by atomic mass is 32.2. The third kappa shape index (κ3) is 2.24. The van der Waals surface area contributed by atoms with Crippen molar-refractivity contribution in [1.82, 2.24) is 14.5 Å². The van der Waals surface area contributed by atoms with Gasteiger partial charge in [-0.25, -0.2) is 8.42 Å². The number of rotatable bonds is 3. The molecule has 1 unspecified atom stereocenters. The summed E-state index contributed by atoms with van der Waals surface area (Å²) in [6.45, 7) is 0.321. The topological polar surface area (TPSA) is 102 Å². The highest BCUT2D eigenvalue weighted by Crippen LogP contribution is 2.19. The number of nitrogens with zero attached hydrogens (tertiary/aromatic N) is 2. The summed E-state index contributed by atoms with van der Waals surface area (Å²) in [5.74, 6) is -0.641. The first-order chi connectivity index (χ1) is 8.57. The molecule has 1 aromatic heterocycles. The quantitative estimate of drug-likeness (QED) is 0.708. The van der Waals surface area contributed by atoms with Crippen LogP contribution in [0.5, 0.6) is 0 Å². The van der Waals surface area contributed by atoms with Gasteiger partial charge in [-0.15, -0.1) is 0 Å². The van der Waals surface area contributed by atoms with Crippen LogP contribution in [0.1, 0.15) is 0 Å². The number of sulfonamides is 1. The normalized spacial score (nSPS) is 21.7. The monoisotopic (exact) mass is 275 g/mol. The summed E-state index contributed by atoms with van der Waals surface area (Å²) in [5, 5.41) is 5.92. The standard InChI is InChI=1S/C9H13N3O5S/c1-16-9(13)7-6-17-5-4-12(7)18(14,15)8-2-3-10-11-8/h2-3,7H,4-6H2,1H3,(H,10,11). The lowest BCUT2D eigenvalue weighted by Crippen LogP contribution is -2.52. The fourth-order valence-corrected chi connectivity index (χ4v) is 3.16. The average Bonchev–Trinajstić information content (AvgIpc) is 2.92. The van der Waals surface area contributed by atoms with Gasteiger partial charge in [0.1, 0.15) is 6.04 Å². The van der Waals surface area contributed by atoms with Crippen LogP contribution in [-0.4, -0.2) is 61.8 Å². The molecule has 2 rings (SSSR count). The predicted molar refractivity (Wildman–Crippen MR) is 59.1 cm³/mol. The van der Waals surface area contributed by atoms with E-state index in [1.807, 2.05) is 0 Å². The van der Waals surface area contributed by atoms with E-state index in [1.165, 1.54) is 19.4 Å². The maximum atomic E-state index is 12.3. The molecule has 2 heterocycles. The largest absolute Gasteiger partial charge is 0.468 e. The molecule has 1 saturated heterocycles. The molecule has 1 fully saturated rings. The minimum Gasteiger partial charge on any atom is -0.468 e. The van der Waals surface area contributed by atoms with E-state index in [9.17, 15) is 13.2 Å². The fraction of sp³-hybridized carbons (Fsp3) is 0.556. The van der Waals surface area contributed by atoms with Gasteiger partial charge in [0.2, 0.25) is 0 Å². The molecule has 0 amide bonds. The van der Waals surface area contributed by atoms with Crippen molar-refractivity contribution in [3.8, 4) is 0 Å². The predicted octanol–water partition coefficient (Wildman–Crippen LogP) is -1.03. The highest BCUT2D eigenvalue weighted by Gasteiger charge is 2.39. The number of methoxy groups -OCH3 is 1. The summed E-state index contributed by atoms with van der Waals surface area (Å²) in [6, 6.07) is 0.371. The van der Waals surface area contributed by atoms with Crippen LogP contribution >= 0.6 is 0 Å². The number of carbonyl (C=O) groups excluding carboxylic acids is 1. The van der Waals surface area contributed by atoms with Crippen LogP contribution in [0.25, 0.3) is 0 Å². The third-order valence-electron chi connectivity index (χ3n) is 2.61. The number of hydrogen-bond acceptors (Lipinski definition) is 6. The SMILES string of the molecule is COC(=O)C1COCCN1S(=O)(=O)c1ccn[nH]1. The molecule has 1 aliphatic rings. The Labute approximate surface area is 104 Å². The van der Waals surface area contributed by atoms with E-state index in [0.29, 0.717) is 0 Å². The number of nitrogens with one attached hydrogen (secondary N) is 1. The minimum absolute atomic E-state index is 0.0138. The third-order valence-corrected chi connectivity index (χ3v) is 4.45. The van der Waals surface area contributed by atoms with Gasteiger partial charge in [-0.3, -0.25) is 9.89 Å². The second kappa shape index (κ2) is 5.04. The number of H-pyrrole nitrogens is 1. The molecule has 0 saturated carbocycles. The van der Waals surface area contributed by atoms with Crippen molar-refractivity contribution in [3.05, 3.63) is 12.3 Å². The number of aromatic nitrogens is 2. The Balaban J connectivity index is 2.32. The second-order valence-electron chi connectivity index (χ2n) is 3.65. The van der Waals surface area contributed by atoms with Gasteiger partial charge in [0, 0.05) is 6.54 Å². The van der Waals surface area contributed by atoms with Gasteiger partial charge in [-0.05, 0) is 6.07 Å². The lowest BCUT2D eigenvalue weighted by Gasteiger charge is -2.31. The van der Waals surface area contributed by atoms with Crippen molar-refractivity contribution >= 4 is 16.0 Å². The van der Waals surface area contributed by atoms with E-state index in [-0.39, 0.29) is 24.8 Å². The summed E-state index contributed by atoms with van der Waals surface area (Å²) < 4.78 is 35.3. The molecular formula is C9H13N3O5S. The molecular weight excluding hydrogens is 262 g/mol. The van der Waals surface area contributed by atoms with Crippen molar-refractivity contribution in [2.75, 3.05) is 26.9 Å². The molecule has 0 aromatic carbocycles. The first-order valence-electron chi connectivity index (χ1n) is 5.24. The van der Waals surface area contributed by atoms with Gasteiger partial charge in [-0.2, -0.15) is 9.40 Å². The van der Waals surface area contributed by atoms with Gasteiger partial charge in [0.25, 0.3) is 10.0 Å². The van der Waals surface area contributed by atoms with Crippen LogP contribution in [0.3, 0.4) is 0 Å². The van der Waals surface area contributed by atoms with Gasteiger partial charge >= 0.3 is 5.97 Å². The molecule has 8 nitrogen and oxygen atoms in total. The molecule has 0 bridgehead atoms. The summed E-state index contributed by atoms with van der Waals surface area (Å²) >= 11 is 0. The van der Waals surface area contributed by atoms with Crippen molar-refractivity contribution < 1.29 is 22.7 Å². The fourth-order valence-electron chi connectivity index (χ4n) is 1.71. The maximum Gasteiger partial charge on any atom is 0.326 e. The molecule has 1 aliphatic heterocycles. The van der Waals surface area contributed by atoms with Crippen molar-refractivity contribution in [3.63, 3.8) is 0 Å². The van der Waals surface area contributed by atoms with Crippen LogP contribution in [0.15, 0.2) is 17.3 Å². The zero-order valence-electron chi connectivity index (χ0n) is 9.70. The van der Waals surface area contributed by atoms with Crippen LogP contribution in [0.2, 0.25) is 0 Å². The van der Waals surface area contributed by atoms with Gasteiger partial charge in [0.05, 0.1) is 26.5 Å². The lowest BCUT2D eigenvalue weighted by molar-refractivity contribution is -0.149. The summed E-state index contributed by atoms with van der Waals surface area (Å²) in [4.78, 5) is 11.6. The van der Waals surface area contributed by atoms with E-state index in [1.54, 1.807) is 0 Å². The maximum absolute atomic E-state index is 12.3. The first kappa shape index (κ1) is 13.0. The number of carbonyl (C=O) groups is 1. The number of morpholine rings is 1. The highest BCUT2D eigenvalue weighted by molar-refractivity contribution is 7.89. The van der Waals surface area contributed by atoms with E-state index < -0.39 is 22.0 Å². The molecule has 9 heteroatoms. The second-order valence-corrected chi connectivity index (χ2v) is 5.51. The zero-order valence-corrected chi connectivity index (χ0v) is 10.5. The average molecular weight is 275 g/mol. The van der Waals surface area contributed by atoms with Crippen LogP contribution in [0.4, 0.5) is 0 Å². The van der Waals surface area contributed by atoms with Crippen molar-refractivity contribution in [1.29, 1.82) is 0 Å². The Kier molecular flexibility index (Phi) is 3.64. The van der Waals surface area contributed by atoms with Gasteiger partial charge in [-0.1, -0.05) is 0 Å². The Hall–Kier alpha value is -1.45. The summed E-state index contributed by atoms with van der Waals surface area (Å²) in [5.41, 5.74) is 0. The summed E-state index contributed by atoms with van der Waals surface area (Å²) in [6.07, 6.45) is 1.33. The molecule has 100 valence electrons. The Morgan fingerprint density at radius 2 is 2.44 bits per heavy atom. The molecule has 0 spiro atoms. The first-order valence-corrected chi connectivity index (χ1v) is 6.68. The Morgan fingerprint density at radius 1 is 1.67 bits per heavy atom. The Bertz CT molecular complexity index is 512. The smallest absolute Gasteiger partial charge is 0.326 e. The Morgan fingerprint density at radius 3 is 3.06 bits per heavy atom. The molecule has 0 aliphatic carbocycles. The number of hydrogen-bond donors (Lipinski definition) is 1. The van der Waals surface area contributed by atoms with Crippen LogP contribution < -0.4 is 0 Å². The molecule has 1 atom stereocenters. The molecule has 18 heavy (non-hydrogen) atoms. The van der Waals surface area contributed by atoms with Crippen LogP contribution in [0, 0.1) is 0 Å². The lowest BCUT2D eigenvalue weighted by atomic mass is 10.3. The molecule has 1 N–H and O–H groups in total. The number of aromatic amines is 1. The molecule has 1 aromatic rings. The van der Waals surface area contributed by atoms with Crippen molar-refractivity contribution in [2.24, 2.45) is 0 Å². The van der Waals surface area contributed by atoms with E-state index in [2.05, 4.69) is 14.9 Å². The minimum atomic E-state index is -3.79. The number of esters is 1. The van der Waals surface area contributed by atoms with Gasteiger partial charge < -0.3 is 9.47 Å². The zero-order chi connectivity index (χ0) is 13.2. The molecule has 0 radical (unpaired) electrons. The van der Waals surface area contributed by atoms with Crippen molar-refractivity contribution in [2.45, 2.75) is 11.1 Å². The van der Waals surface area contributed by atoms with E-state index >= 15 is 0 Å². The van der Waals surface area contributed by atoms with Gasteiger partial charge in [0.15, 0.2) is 5.03 Å². The van der Waals surface area contributed by atoms with Crippen LogP contribution in [-0.2, 0) is 24.3 Å². The van der Waals surface area contributed by atoms with E-state index in [4.69, 9.17) is 4.74 Å².